The lowest BCUT2D eigenvalue weighted by Crippen LogP contribution is -2.50. The van der Waals surface area contributed by atoms with Gasteiger partial charge in [-0.25, -0.2) is 0 Å². The average Bonchev–Trinajstić information content (AvgIpc) is 2.53. The van der Waals surface area contributed by atoms with E-state index in [0.29, 0.717) is 0 Å². The smallest absolute Gasteiger partial charge is 0.242 e. The third-order valence-corrected chi connectivity index (χ3v) is 3.79. The van der Waals surface area contributed by atoms with Crippen LogP contribution in [0.1, 0.15) is 5.56 Å². The van der Waals surface area contributed by atoms with Crippen LogP contribution in [0, 0.1) is 0 Å². The third kappa shape index (κ3) is 4.73. The Labute approximate surface area is 131 Å². The second kappa shape index (κ2) is 7.79. The van der Waals surface area contributed by atoms with Crippen molar-refractivity contribution in [3.8, 4) is 5.75 Å². The Morgan fingerprint density at radius 2 is 1.95 bits per heavy atom. The van der Waals surface area contributed by atoms with Gasteiger partial charge >= 0.3 is 0 Å². The van der Waals surface area contributed by atoms with Crippen LogP contribution in [0.2, 0.25) is 0 Å². The lowest BCUT2D eigenvalue weighted by atomic mass is 10.1. The van der Waals surface area contributed by atoms with Gasteiger partial charge in [0.15, 0.2) is 0 Å². The summed E-state index contributed by atoms with van der Waals surface area (Å²) in [6.45, 7) is 3.27. The number of hydrogen-bond donors (Lipinski definition) is 1. The molecule has 1 heterocycles. The molecule has 1 aromatic carbocycles. The number of nitrogens with zero attached hydrogens (tertiary/aromatic N) is 2. The van der Waals surface area contributed by atoms with Gasteiger partial charge in [0.1, 0.15) is 5.75 Å². The maximum absolute atomic E-state index is 12.0. The number of nitrogens with one attached hydrogen (secondary N) is 1. The normalized spacial score (nSPS) is 15.5. The predicted octanol–water partition coefficient (Wildman–Crippen LogP) is 0.128. The van der Waals surface area contributed by atoms with E-state index in [2.05, 4.69) is 10.2 Å². The van der Waals surface area contributed by atoms with Crippen LogP contribution in [0.15, 0.2) is 24.3 Å². The minimum absolute atomic E-state index is 0.0212. The lowest BCUT2D eigenvalue weighted by molar-refractivity contribution is -0.134. The van der Waals surface area contributed by atoms with Crippen LogP contribution in [-0.2, 0) is 16.0 Å². The van der Waals surface area contributed by atoms with E-state index in [4.69, 9.17) is 4.74 Å². The molecule has 0 saturated carbocycles. The molecule has 0 radical (unpaired) electrons. The Balaban J connectivity index is 1.76. The summed E-state index contributed by atoms with van der Waals surface area (Å²) in [5, 5.41) is 2.69. The molecule has 120 valence electrons. The van der Waals surface area contributed by atoms with E-state index in [9.17, 15) is 9.59 Å². The van der Waals surface area contributed by atoms with E-state index in [0.717, 1.165) is 37.5 Å². The first-order chi connectivity index (χ1) is 10.6. The minimum atomic E-state index is -0.157. The molecule has 22 heavy (non-hydrogen) atoms. The molecule has 0 unspecified atom stereocenters. The Bertz CT molecular complexity index is 525. The summed E-state index contributed by atoms with van der Waals surface area (Å²) in [5.41, 5.74) is 0.865. The molecular weight excluding hydrogens is 282 g/mol. The van der Waals surface area contributed by atoms with Crippen molar-refractivity contribution < 1.29 is 14.3 Å². The first-order valence-electron chi connectivity index (χ1n) is 7.44. The monoisotopic (exact) mass is 305 g/mol. The quantitative estimate of drug-likeness (QED) is 0.840. The first-order valence-corrected chi connectivity index (χ1v) is 7.44. The summed E-state index contributed by atoms with van der Waals surface area (Å²) in [6.07, 6.45) is 0.243. The van der Waals surface area contributed by atoms with E-state index in [1.165, 1.54) is 0 Å². The number of benzene rings is 1. The van der Waals surface area contributed by atoms with Gasteiger partial charge in [-0.15, -0.1) is 0 Å². The van der Waals surface area contributed by atoms with Crippen LogP contribution in [0.4, 0.5) is 0 Å². The topological polar surface area (TPSA) is 61.9 Å². The van der Waals surface area contributed by atoms with Crippen molar-refractivity contribution in [3.05, 3.63) is 29.8 Å². The zero-order valence-corrected chi connectivity index (χ0v) is 13.2. The number of hydrogen-bond acceptors (Lipinski definition) is 4. The second-order valence-electron chi connectivity index (χ2n) is 5.49. The molecule has 1 aromatic rings. The Morgan fingerprint density at radius 3 is 2.64 bits per heavy atom. The maximum Gasteiger partial charge on any atom is 0.242 e. The van der Waals surface area contributed by atoms with Crippen molar-refractivity contribution in [2.45, 2.75) is 6.42 Å². The lowest BCUT2D eigenvalue weighted by Gasteiger charge is -2.32. The fraction of sp³-hybridized carbons (Fsp3) is 0.500. The second-order valence-corrected chi connectivity index (χ2v) is 5.49. The summed E-state index contributed by atoms with van der Waals surface area (Å²) in [6, 6.07) is 7.36. The van der Waals surface area contributed by atoms with E-state index in [1.54, 1.807) is 12.0 Å². The Morgan fingerprint density at radius 1 is 1.23 bits per heavy atom. The number of carbonyl (C=O) groups excluding carboxylic acids is 2. The SMILES string of the molecule is COc1cccc(CC(=O)NCC(=O)N2CCN(C)CC2)c1. The maximum atomic E-state index is 12.0. The molecule has 0 aromatic heterocycles. The van der Waals surface area contributed by atoms with Gasteiger partial charge in [-0.1, -0.05) is 12.1 Å². The van der Waals surface area contributed by atoms with Gasteiger partial charge in [-0.2, -0.15) is 0 Å². The molecule has 0 atom stereocenters. The number of ether oxygens (including phenoxy) is 1. The van der Waals surface area contributed by atoms with Crippen LogP contribution in [0.5, 0.6) is 5.75 Å². The summed E-state index contributed by atoms with van der Waals surface area (Å²) in [4.78, 5) is 27.9. The average molecular weight is 305 g/mol. The van der Waals surface area contributed by atoms with E-state index < -0.39 is 0 Å². The highest BCUT2D eigenvalue weighted by atomic mass is 16.5. The number of likely N-dealkylation sites (N-methyl/N-ethyl adjacent to an activating group) is 1. The number of carbonyl (C=O) groups is 2. The van der Waals surface area contributed by atoms with E-state index in [-0.39, 0.29) is 24.8 Å². The molecule has 1 fully saturated rings. The van der Waals surface area contributed by atoms with E-state index in [1.807, 2.05) is 31.3 Å². The van der Waals surface area contributed by atoms with Gasteiger partial charge in [-0.3, -0.25) is 9.59 Å². The van der Waals surface area contributed by atoms with E-state index >= 15 is 0 Å². The van der Waals surface area contributed by atoms with Crippen LogP contribution in [-0.4, -0.2) is 68.5 Å². The summed E-state index contributed by atoms with van der Waals surface area (Å²) in [5.74, 6) is 0.543. The van der Waals surface area contributed by atoms with Gasteiger partial charge in [0.2, 0.25) is 11.8 Å². The summed E-state index contributed by atoms with van der Waals surface area (Å²) >= 11 is 0. The molecule has 0 spiro atoms. The van der Waals surface area contributed by atoms with Crippen molar-refractivity contribution in [2.75, 3.05) is 46.9 Å². The molecule has 0 bridgehead atoms. The largest absolute Gasteiger partial charge is 0.497 e. The Kier molecular flexibility index (Phi) is 5.77. The van der Waals surface area contributed by atoms with Gasteiger partial charge in [-0.05, 0) is 24.7 Å². The Hall–Kier alpha value is -2.08. The summed E-state index contributed by atoms with van der Waals surface area (Å²) < 4.78 is 5.13. The van der Waals surface area contributed by atoms with Crippen molar-refractivity contribution in [3.63, 3.8) is 0 Å². The number of piperazine rings is 1. The fourth-order valence-electron chi connectivity index (χ4n) is 2.37. The highest BCUT2D eigenvalue weighted by Crippen LogP contribution is 2.12. The third-order valence-electron chi connectivity index (χ3n) is 3.79. The zero-order valence-electron chi connectivity index (χ0n) is 13.2. The standard InChI is InChI=1S/C16H23N3O3/c1-18-6-8-19(9-7-18)16(21)12-17-15(20)11-13-4-3-5-14(10-13)22-2/h3-5,10H,6-9,11-12H2,1-2H3,(H,17,20). The van der Waals surface area contributed by atoms with Crippen molar-refractivity contribution in [1.29, 1.82) is 0 Å². The molecule has 6 nitrogen and oxygen atoms in total. The van der Waals surface area contributed by atoms with Crippen LogP contribution in [0.3, 0.4) is 0 Å². The molecule has 1 aliphatic rings. The van der Waals surface area contributed by atoms with Crippen LogP contribution >= 0.6 is 0 Å². The molecule has 1 aliphatic heterocycles. The molecule has 2 amide bonds. The highest BCUT2D eigenvalue weighted by molar-refractivity contribution is 5.85. The van der Waals surface area contributed by atoms with Crippen molar-refractivity contribution in [2.24, 2.45) is 0 Å². The van der Waals surface area contributed by atoms with Crippen LogP contribution in [0.25, 0.3) is 0 Å². The molecule has 0 aliphatic carbocycles. The van der Waals surface area contributed by atoms with Gasteiger partial charge in [0.05, 0.1) is 20.1 Å². The van der Waals surface area contributed by atoms with Gasteiger partial charge in [0.25, 0.3) is 0 Å². The summed E-state index contributed by atoms with van der Waals surface area (Å²) in [7, 11) is 3.63. The highest BCUT2D eigenvalue weighted by Gasteiger charge is 2.19. The van der Waals surface area contributed by atoms with Crippen molar-refractivity contribution in [1.82, 2.24) is 15.1 Å². The molecular formula is C16H23N3O3. The van der Waals surface area contributed by atoms with Crippen LogP contribution < -0.4 is 10.1 Å². The molecule has 6 heteroatoms. The molecule has 1 N–H and O–H groups in total. The van der Waals surface area contributed by atoms with Gasteiger partial charge in [0, 0.05) is 26.2 Å². The fourth-order valence-corrected chi connectivity index (χ4v) is 2.37. The molecule has 1 saturated heterocycles. The van der Waals surface area contributed by atoms with Crippen molar-refractivity contribution >= 4 is 11.8 Å². The van der Waals surface area contributed by atoms with Gasteiger partial charge < -0.3 is 19.9 Å². The number of methoxy groups -OCH3 is 1. The number of amides is 2. The minimum Gasteiger partial charge on any atom is -0.497 e. The zero-order chi connectivity index (χ0) is 15.9. The predicted molar refractivity (Wildman–Crippen MR) is 83.8 cm³/mol. The number of rotatable bonds is 5. The first kappa shape index (κ1) is 16.3. The molecule has 2 rings (SSSR count).